The molecule has 3 aromatic rings. The number of fused-ring (bicyclic) bond motifs is 1. The van der Waals surface area contributed by atoms with Gasteiger partial charge in [0, 0.05) is 17.5 Å². The van der Waals surface area contributed by atoms with Gasteiger partial charge in [-0.2, -0.15) is 0 Å². The number of pyridine rings is 1. The summed E-state index contributed by atoms with van der Waals surface area (Å²) >= 11 is 0. The second kappa shape index (κ2) is 7.95. The minimum absolute atomic E-state index is 0.0240. The fraction of sp³-hybridized carbons (Fsp3) is 0.200. The molecule has 0 bridgehead atoms. The minimum atomic E-state index is -0.992. The molecular weight excluding hydrogens is 332 g/mol. The Morgan fingerprint density at radius 2 is 1.92 bits per heavy atom. The first-order valence-electron chi connectivity index (χ1n) is 8.23. The van der Waals surface area contributed by atoms with Crippen molar-refractivity contribution in [1.29, 1.82) is 0 Å². The summed E-state index contributed by atoms with van der Waals surface area (Å²) in [5.74, 6) is 0.413. The number of amides is 1. The number of para-hydroxylation sites is 1. The van der Waals surface area contributed by atoms with Crippen molar-refractivity contribution in [2.24, 2.45) is 0 Å². The van der Waals surface area contributed by atoms with Gasteiger partial charge in [0.15, 0.2) is 0 Å². The number of aromatic nitrogens is 1. The van der Waals surface area contributed by atoms with Crippen LogP contribution in [0.2, 0.25) is 0 Å². The molecule has 0 aliphatic rings. The van der Waals surface area contributed by atoms with E-state index in [2.05, 4.69) is 10.3 Å². The van der Waals surface area contributed by atoms with Gasteiger partial charge in [-0.25, -0.2) is 4.98 Å². The summed E-state index contributed by atoms with van der Waals surface area (Å²) in [5.41, 5.74) is 2.69. The Bertz CT molecular complexity index is 909. The summed E-state index contributed by atoms with van der Waals surface area (Å²) in [7, 11) is 1.60. The fourth-order valence-electron chi connectivity index (χ4n) is 2.64. The molecule has 134 valence electrons. The van der Waals surface area contributed by atoms with Crippen LogP contribution in [-0.4, -0.2) is 47.5 Å². The summed E-state index contributed by atoms with van der Waals surface area (Å²) in [5, 5.41) is 21.7. The summed E-state index contributed by atoms with van der Waals surface area (Å²) in [4.78, 5) is 17.3. The molecule has 0 radical (unpaired) electrons. The Labute approximate surface area is 151 Å². The summed E-state index contributed by atoms with van der Waals surface area (Å²) in [6, 6.07) is 16.6. The Morgan fingerprint density at radius 3 is 2.62 bits per heavy atom. The molecule has 0 aliphatic carbocycles. The Kier molecular flexibility index (Phi) is 5.46. The molecule has 3 rings (SSSR count). The van der Waals surface area contributed by atoms with Crippen molar-refractivity contribution in [3.05, 3.63) is 60.2 Å². The number of carbonyl (C=O) groups is 1. The lowest BCUT2D eigenvalue weighted by Crippen LogP contribution is -2.34. The molecule has 0 spiro atoms. The third kappa shape index (κ3) is 3.82. The largest absolute Gasteiger partial charge is 0.497 e. The zero-order valence-electron chi connectivity index (χ0n) is 14.3. The number of hydrogen-bond acceptors (Lipinski definition) is 5. The third-order valence-corrected chi connectivity index (χ3v) is 4.06. The van der Waals surface area contributed by atoms with Gasteiger partial charge in [0.1, 0.15) is 5.75 Å². The van der Waals surface area contributed by atoms with Crippen molar-refractivity contribution in [2.45, 2.75) is 6.10 Å². The molecule has 3 N–H and O–H groups in total. The quantitative estimate of drug-likeness (QED) is 0.631. The lowest BCUT2D eigenvalue weighted by Gasteiger charge is -2.12. The van der Waals surface area contributed by atoms with Crippen LogP contribution in [-0.2, 0) is 0 Å². The van der Waals surface area contributed by atoms with E-state index in [9.17, 15) is 9.90 Å². The summed E-state index contributed by atoms with van der Waals surface area (Å²) < 4.78 is 5.17. The van der Waals surface area contributed by atoms with E-state index in [-0.39, 0.29) is 12.5 Å². The number of benzene rings is 2. The Balaban J connectivity index is 2.01. The Morgan fingerprint density at radius 1 is 1.19 bits per heavy atom. The average molecular weight is 352 g/mol. The Hall–Kier alpha value is -2.96. The second-order valence-corrected chi connectivity index (χ2v) is 5.85. The first kappa shape index (κ1) is 17.8. The van der Waals surface area contributed by atoms with Crippen LogP contribution >= 0.6 is 0 Å². The van der Waals surface area contributed by atoms with Gasteiger partial charge in [-0.1, -0.05) is 18.2 Å². The van der Waals surface area contributed by atoms with E-state index < -0.39 is 12.7 Å². The summed E-state index contributed by atoms with van der Waals surface area (Å²) in [6.45, 7) is -0.432. The van der Waals surface area contributed by atoms with Gasteiger partial charge in [0.2, 0.25) is 0 Å². The molecule has 1 atom stereocenters. The zero-order chi connectivity index (χ0) is 18.5. The number of nitrogens with zero attached hydrogens (tertiary/aromatic N) is 1. The maximum Gasteiger partial charge on any atom is 0.252 e. The highest BCUT2D eigenvalue weighted by Crippen LogP contribution is 2.26. The second-order valence-electron chi connectivity index (χ2n) is 5.85. The molecule has 0 unspecified atom stereocenters. The standard InChI is InChI=1S/C20H20N2O4/c1-26-15-8-6-13(7-9-15)19-10-17(20(25)21-11-14(24)12-23)16-4-2-3-5-18(16)22-19/h2-10,14,23-24H,11-12H2,1H3,(H,21,25)/t14-/m0/s1. The lowest BCUT2D eigenvalue weighted by atomic mass is 10.0. The van der Waals surface area contributed by atoms with Gasteiger partial charge >= 0.3 is 0 Å². The lowest BCUT2D eigenvalue weighted by molar-refractivity contribution is 0.0803. The molecule has 0 aliphatic heterocycles. The van der Waals surface area contributed by atoms with Gasteiger partial charge in [0.25, 0.3) is 5.91 Å². The first-order chi connectivity index (χ1) is 12.6. The smallest absolute Gasteiger partial charge is 0.252 e. The topological polar surface area (TPSA) is 91.7 Å². The van der Waals surface area contributed by atoms with Gasteiger partial charge in [0.05, 0.1) is 36.6 Å². The number of carbonyl (C=O) groups excluding carboxylic acids is 1. The van der Waals surface area contributed by atoms with E-state index in [1.807, 2.05) is 48.5 Å². The number of rotatable bonds is 6. The van der Waals surface area contributed by atoms with Crippen LogP contribution in [0.3, 0.4) is 0 Å². The third-order valence-electron chi connectivity index (χ3n) is 4.06. The van der Waals surface area contributed by atoms with Crippen molar-refractivity contribution in [2.75, 3.05) is 20.3 Å². The number of methoxy groups -OCH3 is 1. The first-order valence-corrected chi connectivity index (χ1v) is 8.23. The number of ether oxygens (including phenoxy) is 1. The molecule has 1 heterocycles. The van der Waals surface area contributed by atoms with Gasteiger partial charge in [-0.3, -0.25) is 4.79 Å². The van der Waals surface area contributed by atoms with E-state index in [1.54, 1.807) is 13.2 Å². The number of hydrogen-bond donors (Lipinski definition) is 3. The molecule has 6 heteroatoms. The predicted octanol–water partition coefficient (Wildman–Crippen LogP) is 1.99. The molecule has 0 fully saturated rings. The minimum Gasteiger partial charge on any atom is -0.497 e. The predicted molar refractivity (Wildman–Crippen MR) is 99.2 cm³/mol. The van der Waals surface area contributed by atoms with Crippen LogP contribution in [0.4, 0.5) is 0 Å². The van der Waals surface area contributed by atoms with E-state index in [4.69, 9.17) is 9.84 Å². The highest BCUT2D eigenvalue weighted by Gasteiger charge is 2.15. The molecule has 6 nitrogen and oxygen atoms in total. The van der Waals surface area contributed by atoms with Crippen LogP contribution < -0.4 is 10.1 Å². The zero-order valence-corrected chi connectivity index (χ0v) is 14.3. The normalized spacial score (nSPS) is 12.0. The van der Waals surface area contributed by atoms with Crippen molar-refractivity contribution in [3.8, 4) is 17.0 Å². The molecule has 2 aromatic carbocycles. The van der Waals surface area contributed by atoms with Crippen LogP contribution in [0, 0.1) is 0 Å². The van der Waals surface area contributed by atoms with Crippen LogP contribution in [0.15, 0.2) is 54.6 Å². The summed E-state index contributed by atoms with van der Waals surface area (Å²) in [6.07, 6.45) is -0.992. The number of aliphatic hydroxyl groups excluding tert-OH is 2. The molecule has 0 saturated heterocycles. The monoisotopic (exact) mass is 352 g/mol. The van der Waals surface area contributed by atoms with Crippen molar-refractivity contribution >= 4 is 16.8 Å². The molecule has 1 amide bonds. The van der Waals surface area contributed by atoms with Crippen molar-refractivity contribution < 1.29 is 19.7 Å². The average Bonchev–Trinajstić information content (AvgIpc) is 2.70. The molecule has 26 heavy (non-hydrogen) atoms. The van der Waals surface area contributed by atoms with Crippen molar-refractivity contribution in [3.63, 3.8) is 0 Å². The molecule has 1 aromatic heterocycles. The van der Waals surface area contributed by atoms with E-state index in [0.717, 1.165) is 16.7 Å². The van der Waals surface area contributed by atoms with Crippen LogP contribution in [0.25, 0.3) is 22.2 Å². The van der Waals surface area contributed by atoms with E-state index >= 15 is 0 Å². The number of nitrogens with one attached hydrogen (secondary N) is 1. The molecule has 0 saturated carbocycles. The van der Waals surface area contributed by atoms with Gasteiger partial charge in [-0.05, 0) is 36.4 Å². The van der Waals surface area contributed by atoms with Crippen LogP contribution in [0.1, 0.15) is 10.4 Å². The maximum atomic E-state index is 12.6. The fourth-order valence-corrected chi connectivity index (χ4v) is 2.64. The number of aliphatic hydroxyl groups is 2. The van der Waals surface area contributed by atoms with Crippen LogP contribution in [0.5, 0.6) is 5.75 Å². The van der Waals surface area contributed by atoms with Crippen molar-refractivity contribution in [1.82, 2.24) is 10.3 Å². The van der Waals surface area contributed by atoms with Gasteiger partial charge in [-0.15, -0.1) is 0 Å². The highest BCUT2D eigenvalue weighted by atomic mass is 16.5. The maximum absolute atomic E-state index is 12.6. The van der Waals surface area contributed by atoms with E-state index in [1.165, 1.54) is 0 Å². The SMILES string of the molecule is COc1ccc(-c2cc(C(=O)NC[C@H](O)CO)c3ccccc3n2)cc1. The van der Waals surface area contributed by atoms with E-state index in [0.29, 0.717) is 16.8 Å². The molecular formula is C20H20N2O4. The van der Waals surface area contributed by atoms with Gasteiger partial charge < -0.3 is 20.3 Å². The highest BCUT2D eigenvalue weighted by molar-refractivity contribution is 6.07.